The van der Waals surface area contributed by atoms with E-state index >= 15 is 0 Å². The molecule has 0 radical (unpaired) electrons. The maximum atomic E-state index is 11.0. The molecular formula is C7H11NO3. The van der Waals surface area contributed by atoms with Gasteiger partial charge in [0.25, 0.3) is 0 Å². The molecule has 0 amide bonds. The SMILES string of the molecule is NOC(=O)C1CCCCC1=O. The van der Waals surface area contributed by atoms with Gasteiger partial charge < -0.3 is 4.84 Å². The lowest BCUT2D eigenvalue weighted by atomic mass is 9.88. The highest BCUT2D eigenvalue weighted by Crippen LogP contribution is 2.20. The van der Waals surface area contributed by atoms with Crippen molar-refractivity contribution in [3.05, 3.63) is 0 Å². The Labute approximate surface area is 64.7 Å². The third-order valence-electron chi connectivity index (χ3n) is 1.96. The van der Waals surface area contributed by atoms with Crippen molar-refractivity contribution in [3.8, 4) is 0 Å². The highest BCUT2D eigenvalue weighted by Gasteiger charge is 2.29. The minimum Gasteiger partial charge on any atom is -0.373 e. The number of carbonyl (C=O) groups is 2. The molecule has 1 saturated carbocycles. The molecule has 2 N–H and O–H groups in total. The first-order chi connectivity index (χ1) is 5.25. The number of hydrogen-bond donors (Lipinski definition) is 1. The summed E-state index contributed by atoms with van der Waals surface area (Å²) in [5.74, 6) is 3.45. The lowest BCUT2D eigenvalue weighted by Crippen LogP contribution is -2.30. The number of nitrogens with two attached hydrogens (primary N) is 1. The van der Waals surface area contributed by atoms with Crippen LogP contribution in [0.3, 0.4) is 0 Å². The van der Waals surface area contributed by atoms with Gasteiger partial charge in [0.15, 0.2) is 0 Å². The van der Waals surface area contributed by atoms with E-state index in [1.54, 1.807) is 0 Å². The van der Waals surface area contributed by atoms with E-state index in [0.717, 1.165) is 12.8 Å². The van der Waals surface area contributed by atoms with Crippen molar-refractivity contribution in [2.45, 2.75) is 25.7 Å². The van der Waals surface area contributed by atoms with Crippen LogP contribution in [0, 0.1) is 5.92 Å². The van der Waals surface area contributed by atoms with Crippen LogP contribution in [0.1, 0.15) is 25.7 Å². The molecule has 4 heteroatoms. The van der Waals surface area contributed by atoms with Gasteiger partial charge in [-0.1, -0.05) is 6.42 Å². The first-order valence-electron chi connectivity index (χ1n) is 3.69. The van der Waals surface area contributed by atoms with E-state index in [4.69, 9.17) is 0 Å². The number of carbonyl (C=O) groups excluding carboxylic acids is 2. The minimum absolute atomic E-state index is 0.0355. The second-order valence-electron chi connectivity index (χ2n) is 2.70. The lowest BCUT2D eigenvalue weighted by Gasteiger charge is -2.16. The zero-order valence-corrected chi connectivity index (χ0v) is 6.21. The molecule has 4 nitrogen and oxygen atoms in total. The van der Waals surface area contributed by atoms with E-state index in [1.807, 2.05) is 0 Å². The molecule has 0 aliphatic heterocycles. The Balaban J connectivity index is 2.54. The zero-order chi connectivity index (χ0) is 8.27. The summed E-state index contributed by atoms with van der Waals surface area (Å²) in [5.41, 5.74) is 0. The topological polar surface area (TPSA) is 69.4 Å². The van der Waals surface area contributed by atoms with Gasteiger partial charge in [-0.15, -0.1) is 0 Å². The van der Waals surface area contributed by atoms with Gasteiger partial charge in [0.1, 0.15) is 11.7 Å². The van der Waals surface area contributed by atoms with Crippen molar-refractivity contribution in [1.29, 1.82) is 0 Å². The summed E-state index contributed by atoms with van der Waals surface area (Å²) < 4.78 is 0. The monoisotopic (exact) mass is 157 g/mol. The largest absolute Gasteiger partial charge is 0.373 e. The second-order valence-corrected chi connectivity index (χ2v) is 2.70. The maximum Gasteiger partial charge on any atom is 0.334 e. The van der Waals surface area contributed by atoms with Crippen molar-refractivity contribution < 1.29 is 14.4 Å². The Morgan fingerprint density at radius 3 is 2.82 bits per heavy atom. The smallest absolute Gasteiger partial charge is 0.334 e. The molecule has 0 saturated heterocycles. The third-order valence-corrected chi connectivity index (χ3v) is 1.96. The molecule has 1 unspecified atom stereocenters. The first-order valence-corrected chi connectivity index (χ1v) is 3.69. The van der Waals surface area contributed by atoms with Gasteiger partial charge in [0.2, 0.25) is 0 Å². The molecule has 0 bridgehead atoms. The first kappa shape index (κ1) is 8.20. The van der Waals surface area contributed by atoms with Gasteiger partial charge in [-0.2, -0.15) is 5.90 Å². The Morgan fingerprint density at radius 2 is 2.27 bits per heavy atom. The summed E-state index contributed by atoms with van der Waals surface area (Å²) in [7, 11) is 0. The highest BCUT2D eigenvalue weighted by atomic mass is 16.7. The van der Waals surface area contributed by atoms with Gasteiger partial charge in [-0.05, 0) is 12.8 Å². The number of rotatable bonds is 1. The van der Waals surface area contributed by atoms with Crippen molar-refractivity contribution in [2.75, 3.05) is 0 Å². The van der Waals surface area contributed by atoms with Crippen LogP contribution in [-0.4, -0.2) is 11.8 Å². The van der Waals surface area contributed by atoms with Crippen LogP contribution in [-0.2, 0) is 14.4 Å². The molecule has 1 aliphatic carbocycles. The van der Waals surface area contributed by atoms with Crippen LogP contribution in [0.5, 0.6) is 0 Å². The Hall–Kier alpha value is -0.900. The molecule has 1 atom stereocenters. The summed E-state index contributed by atoms with van der Waals surface area (Å²) in [5, 5.41) is 0. The van der Waals surface area contributed by atoms with Crippen LogP contribution >= 0.6 is 0 Å². The number of Topliss-reactive ketones (excluding diaryl/α,β-unsaturated/α-hetero) is 1. The molecular weight excluding hydrogens is 146 g/mol. The average Bonchev–Trinajstić information content (AvgIpc) is 2.04. The normalized spacial score (nSPS) is 24.8. The summed E-state index contributed by atoms with van der Waals surface area (Å²) in [6.07, 6.45) is 2.87. The van der Waals surface area contributed by atoms with Gasteiger partial charge in [-0.25, -0.2) is 4.79 Å². The van der Waals surface area contributed by atoms with Crippen LogP contribution in [0.25, 0.3) is 0 Å². The average molecular weight is 157 g/mol. The summed E-state index contributed by atoms with van der Waals surface area (Å²) in [4.78, 5) is 25.8. The molecule has 1 rings (SSSR count). The molecule has 62 valence electrons. The van der Waals surface area contributed by atoms with Crippen molar-refractivity contribution >= 4 is 11.8 Å². The molecule has 1 aliphatic rings. The van der Waals surface area contributed by atoms with E-state index < -0.39 is 11.9 Å². The van der Waals surface area contributed by atoms with E-state index in [1.165, 1.54) is 0 Å². The highest BCUT2D eigenvalue weighted by molar-refractivity contribution is 5.99. The van der Waals surface area contributed by atoms with Crippen LogP contribution in [0.15, 0.2) is 0 Å². The minimum atomic E-state index is -0.589. The van der Waals surface area contributed by atoms with Crippen LogP contribution < -0.4 is 5.90 Å². The fourth-order valence-corrected chi connectivity index (χ4v) is 1.31. The Bertz CT molecular complexity index is 171. The maximum absolute atomic E-state index is 11.0. The van der Waals surface area contributed by atoms with E-state index in [-0.39, 0.29) is 5.78 Å². The van der Waals surface area contributed by atoms with Crippen molar-refractivity contribution in [1.82, 2.24) is 0 Å². The predicted molar refractivity (Wildman–Crippen MR) is 37.2 cm³/mol. The fraction of sp³-hybridized carbons (Fsp3) is 0.714. The van der Waals surface area contributed by atoms with E-state index in [2.05, 4.69) is 10.7 Å². The summed E-state index contributed by atoms with van der Waals surface area (Å²) in [6.45, 7) is 0. The Morgan fingerprint density at radius 1 is 1.55 bits per heavy atom. The molecule has 0 aromatic heterocycles. The van der Waals surface area contributed by atoms with Gasteiger partial charge >= 0.3 is 5.97 Å². The number of ketones is 1. The van der Waals surface area contributed by atoms with Gasteiger partial charge in [0.05, 0.1) is 0 Å². The summed E-state index contributed by atoms with van der Waals surface area (Å²) >= 11 is 0. The van der Waals surface area contributed by atoms with E-state index in [0.29, 0.717) is 12.8 Å². The molecule has 11 heavy (non-hydrogen) atoms. The molecule has 0 spiro atoms. The molecule has 0 heterocycles. The molecule has 1 fully saturated rings. The standard InChI is InChI=1S/C7H11NO3/c8-11-7(10)5-3-1-2-4-6(5)9/h5H,1-4,8H2. The van der Waals surface area contributed by atoms with Gasteiger partial charge in [0, 0.05) is 6.42 Å². The third kappa shape index (κ3) is 1.77. The van der Waals surface area contributed by atoms with Crippen molar-refractivity contribution in [2.24, 2.45) is 11.8 Å². The van der Waals surface area contributed by atoms with Gasteiger partial charge in [-0.3, -0.25) is 4.79 Å². The zero-order valence-electron chi connectivity index (χ0n) is 6.21. The second kappa shape index (κ2) is 3.48. The lowest BCUT2D eigenvalue weighted by molar-refractivity contribution is -0.153. The quantitative estimate of drug-likeness (QED) is 0.435. The summed E-state index contributed by atoms with van der Waals surface area (Å²) in [6, 6.07) is 0. The predicted octanol–water partition coefficient (Wildman–Crippen LogP) is 0.163. The Kier molecular flexibility index (Phi) is 2.59. The van der Waals surface area contributed by atoms with E-state index in [9.17, 15) is 9.59 Å². The molecule has 0 aromatic carbocycles. The van der Waals surface area contributed by atoms with Crippen LogP contribution in [0.2, 0.25) is 0 Å². The fourth-order valence-electron chi connectivity index (χ4n) is 1.31. The van der Waals surface area contributed by atoms with Crippen molar-refractivity contribution in [3.63, 3.8) is 0 Å². The number of hydrogen-bond acceptors (Lipinski definition) is 4. The molecule has 0 aromatic rings. The van der Waals surface area contributed by atoms with Crippen LogP contribution in [0.4, 0.5) is 0 Å².